The van der Waals surface area contributed by atoms with Gasteiger partial charge in [0.15, 0.2) is 0 Å². The summed E-state index contributed by atoms with van der Waals surface area (Å²) >= 11 is 0. The number of non-ortho nitro benzene ring substituents is 1. The number of hydrogen-bond donors (Lipinski definition) is 2. The number of H-pyrrole nitrogens is 1. The molecule has 1 aromatic heterocycles. The van der Waals surface area contributed by atoms with E-state index in [0.29, 0.717) is 16.6 Å². The van der Waals surface area contributed by atoms with Crippen molar-refractivity contribution < 1.29 is 10.1 Å². The van der Waals surface area contributed by atoms with Gasteiger partial charge >= 0.3 is 0 Å². The largest absolute Gasteiger partial charge is 0.411 e. The molecule has 0 atom stereocenters. The average Bonchev–Trinajstić information content (AvgIpc) is 2.61. The summed E-state index contributed by atoms with van der Waals surface area (Å²) in [7, 11) is 0. The minimum atomic E-state index is -0.494. The summed E-state index contributed by atoms with van der Waals surface area (Å²) in [6.07, 6.45) is 1.14. The van der Waals surface area contributed by atoms with Gasteiger partial charge in [0.25, 0.3) is 5.69 Å². The Labute approximate surface area is 83.2 Å². The molecule has 2 rings (SSSR count). The van der Waals surface area contributed by atoms with Crippen molar-refractivity contribution in [1.29, 1.82) is 0 Å². The molecule has 15 heavy (non-hydrogen) atoms. The first kappa shape index (κ1) is 9.13. The molecule has 0 fully saturated rings. The first-order valence-electron chi connectivity index (χ1n) is 4.02. The Morgan fingerprint density at radius 1 is 1.60 bits per heavy atom. The zero-order valence-electron chi connectivity index (χ0n) is 7.41. The SMILES string of the molecule is O=[N+]([O-])c1ccc2n[nH]c(/C=N/O)c2c1. The normalized spacial score (nSPS) is 11.2. The smallest absolute Gasteiger partial charge is 0.270 e. The van der Waals surface area contributed by atoms with Gasteiger partial charge in [-0.15, -0.1) is 0 Å². The number of hydrogen-bond acceptors (Lipinski definition) is 5. The van der Waals surface area contributed by atoms with E-state index in [0.717, 1.165) is 6.21 Å². The lowest BCUT2D eigenvalue weighted by molar-refractivity contribution is -0.384. The Hall–Kier alpha value is -2.44. The van der Waals surface area contributed by atoms with E-state index in [1.165, 1.54) is 18.2 Å². The maximum Gasteiger partial charge on any atom is 0.270 e. The fourth-order valence-electron chi connectivity index (χ4n) is 1.29. The van der Waals surface area contributed by atoms with Crippen LogP contribution in [0, 0.1) is 10.1 Å². The third-order valence-corrected chi connectivity index (χ3v) is 1.96. The summed E-state index contributed by atoms with van der Waals surface area (Å²) in [4.78, 5) is 10.0. The lowest BCUT2D eigenvalue weighted by Crippen LogP contribution is -1.87. The van der Waals surface area contributed by atoms with Gasteiger partial charge in [-0.1, -0.05) is 5.16 Å². The Morgan fingerprint density at radius 3 is 3.07 bits per heavy atom. The molecule has 1 aromatic carbocycles. The number of nitrogens with one attached hydrogen (secondary N) is 1. The maximum atomic E-state index is 10.5. The third kappa shape index (κ3) is 1.50. The van der Waals surface area contributed by atoms with Crippen LogP contribution < -0.4 is 0 Å². The zero-order valence-corrected chi connectivity index (χ0v) is 7.41. The highest BCUT2D eigenvalue weighted by Crippen LogP contribution is 2.20. The van der Waals surface area contributed by atoms with Gasteiger partial charge in [0.2, 0.25) is 0 Å². The van der Waals surface area contributed by atoms with Crippen LogP contribution in [0.3, 0.4) is 0 Å². The van der Waals surface area contributed by atoms with E-state index >= 15 is 0 Å². The predicted octanol–water partition coefficient (Wildman–Crippen LogP) is 1.28. The van der Waals surface area contributed by atoms with Crippen LogP contribution in [0.2, 0.25) is 0 Å². The fraction of sp³-hybridized carbons (Fsp3) is 0. The van der Waals surface area contributed by atoms with Crippen molar-refractivity contribution >= 4 is 22.8 Å². The summed E-state index contributed by atoms with van der Waals surface area (Å²) in [6.45, 7) is 0. The maximum absolute atomic E-state index is 10.5. The van der Waals surface area contributed by atoms with Gasteiger partial charge in [0, 0.05) is 17.5 Å². The second-order valence-corrected chi connectivity index (χ2v) is 2.84. The summed E-state index contributed by atoms with van der Waals surface area (Å²) in [6, 6.07) is 4.26. The standard InChI is InChI=1S/C8H6N4O3/c13-9-4-8-6-3-5(12(14)15)1-2-7(6)10-11-8/h1-4,13H,(H,10,11)/b9-4+. The minimum absolute atomic E-state index is 0.0310. The molecule has 2 N–H and O–H groups in total. The first-order chi connectivity index (χ1) is 7.22. The molecule has 1 heterocycles. The van der Waals surface area contributed by atoms with Crippen LogP contribution in [-0.2, 0) is 0 Å². The highest BCUT2D eigenvalue weighted by atomic mass is 16.6. The van der Waals surface area contributed by atoms with Crippen LogP contribution in [0.4, 0.5) is 5.69 Å². The van der Waals surface area contributed by atoms with Gasteiger partial charge in [-0.25, -0.2) is 0 Å². The Bertz CT molecular complexity index is 546. The highest BCUT2D eigenvalue weighted by molar-refractivity contribution is 5.97. The van der Waals surface area contributed by atoms with Crippen molar-refractivity contribution in [3.05, 3.63) is 34.0 Å². The Kier molecular flexibility index (Phi) is 2.05. The molecule has 0 aliphatic heterocycles. The molecule has 0 saturated carbocycles. The second kappa shape index (κ2) is 3.37. The summed E-state index contributed by atoms with van der Waals surface area (Å²) in [5.41, 5.74) is 0.975. The predicted molar refractivity (Wildman–Crippen MR) is 52.1 cm³/mol. The van der Waals surface area contributed by atoms with E-state index in [1.807, 2.05) is 0 Å². The topological polar surface area (TPSA) is 104 Å². The molecule has 0 amide bonds. The average molecular weight is 206 g/mol. The number of nitro groups is 1. The molecule has 0 saturated heterocycles. The summed E-state index contributed by atoms with van der Waals surface area (Å²) < 4.78 is 0. The molecule has 2 aromatic rings. The number of nitro benzene ring substituents is 1. The van der Waals surface area contributed by atoms with E-state index in [-0.39, 0.29) is 5.69 Å². The number of oxime groups is 1. The van der Waals surface area contributed by atoms with Crippen molar-refractivity contribution in [1.82, 2.24) is 10.2 Å². The third-order valence-electron chi connectivity index (χ3n) is 1.96. The van der Waals surface area contributed by atoms with Gasteiger partial charge < -0.3 is 5.21 Å². The molecular weight excluding hydrogens is 200 g/mol. The fourth-order valence-corrected chi connectivity index (χ4v) is 1.29. The zero-order chi connectivity index (χ0) is 10.8. The number of rotatable bonds is 2. The number of aromatic amines is 1. The van der Waals surface area contributed by atoms with Gasteiger partial charge in [-0.2, -0.15) is 5.10 Å². The molecule has 0 aliphatic carbocycles. The molecule has 76 valence electrons. The first-order valence-corrected chi connectivity index (χ1v) is 4.02. The monoisotopic (exact) mass is 206 g/mol. The Morgan fingerprint density at radius 2 is 2.40 bits per heavy atom. The van der Waals surface area contributed by atoms with Crippen LogP contribution in [-0.4, -0.2) is 26.5 Å². The van der Waals surface area contributed by atoms with Crippen LogP contribution in [0.5, 0.6) is 0 Å². The van der Waals surface area contributed by atoms with Crippen molar-refractivity contribution in [3.63, 3.8) is 0 Å². The second-order valence-electron chi connectivity index (χ2n) is 2.84. The van der Waals surface area contributed by atoms with Crippen molar-refractivity contribution in [2.75, 3.05) is 0 Å². The number of fused-ring (bicyclic) bond motifs is 1. The van der Waals surface area contributed by atoms with Crippen molar-refractivity contribution in [2.45, 2.75) is 0 Å². The molecule has 0 aliphatic rings. The molecule has 0 spiro atoms. The van der Waals surface area contributed by atoms with Gasteiger partial charge in [-0.05, 0) is 6.07 Å². The van der Waals surface area contributed by atoms with Gasteiger partial charge in [0.1, 0.15) is 0 Å². The molecule has 7 heteroatoms. The van der Waals surface area contributed by atoms with Crippen molar-refractivity contribution in [3.8, 4) is 0 Å². The van der Waals surface area contributed by atoms with Gasteiger partial charge in [0.05, 0.1) is 22.3 Å². The number of benzene rings is 1. The molecule has 7 nitrogen and oxygen atoms in total. The van der Waals surface area contributed by atoms with Crippen LogP contribution >= 0.6 is 0 Å². The van der Waals surface area contributed by atoms with Gasteiger partial charge in [-0.3, -0.25) is 15.2 Å². The van der Waals surface area contributed by atoms with E-state index in [4.69, 9.17) is 5.21 Å². The highest BCUT2D eigenvalue weighted by Gasteiger charge is 2.10. The van der Waals surface area contributed by atoms with E-state index in [2.05, 4.69) is 15.4 Å². The van der Waals surface area contributed by atoms with Crippen LogP contribution in [0.25, 0.3) is 10.9 Å². The van der Waals surface area contributed by atoms with Crippen LogP contribution in [0.15, 0.2) is 23.4 Å². The molecule has 0 bridgehead atoms. The lowest BCUT2D eigenvalue weighted by atomic mass is 10.2. The molecule has 0 unspecified atom stereocenters. The number of aromatic nitrogens is 2. The van der Waals surface area contributed by atoms with Crippen molar-refractivity contribution in [2.24, 2.45) is 5.16 Å². The van der Waals surface area contributed by atoms with E-state index < -0.39 is 4.92 Å². The minimum Gasteiger partial charge on any atom is -0.411 e. The summed E-state index contributed by atoms with van der Waals surface area (Å²) in [5, 5.41) is 28.8. The molecular formula is C8H6N4O3. The Balaban J connectivity index is 2.66. The summed E-state index contributed by atoms with van der Waals surface area (Å²) in [5.74, 6) is 0. The van der Waals surface area contributed by atoms with E-state index in [1.54, 1.807) is 0 Å². The molecule has 0 radical (unpaired) electrons. The lowest BCUT2D eigenvalue weighted by Gasteiger charge is -1.91. The number of nitrogens with zero attached hydrogens (tertiary/aromatic N) is 3. The van der Waals surface area contributed by atoms with E-state index in [9.17, 15) is 10.1 Å². The van der Waals surface area contributed by atoms with Crippen LogP contribution in [0.1, 0.15) is 5.69 Å². The quantitative estimate of drug-likeness (QED) is 0.334.